The fraction of sp³-hybridized carbons (Fsp3) is 0.267. The van der Waals surface area contributed by atoms with E-state index in [1.54, 1.807) is 0 Å². The van der Waals surface area contributed by atoms with Gasteiger partial charge in [0.1, 0.15) is 0 Å². The molecule has 0 saturated carbocycles. The van der Waals surface area contributed by atoms with E-state index in [4.69, 9.17) is 0 Å². The van der Waals surface area contributed by atoms with E-state index >= 15 is 0 Å². The van der Waals surface area contributed by atoms with Crippen LogP contribution in [0.1, 0.15) is 17.9 Å². The maximum Gasteiger partial charge on any atom is 0.0349 e. The molecule has 1 aromatic heterocycles. The van der Waals surface area contributed by atoms with Crippen LogP contribution in [0.2, 0.25) is 0 Å². The molecular formula is C15H16N2. The molecule has 1 saturated heterocycles. The average Bonchev–Trinajstić information content (AvgIpc) is 2.94. The topological polar surface area (TPSA) is 24.9 Å². The molecular weight excluding hydrogens is 208 g/mol. The molecule has 0 aliphatic carbocycles. The van der Waals surface area contributed by atoms with Crippen LogP contribution in [0.25, 0.3) is 11.1 Å². The molecule has 1 aliphatic rings. The minimum Gasteiger partial charge on any atom is -0.316 e. The third-order valence-electron chi connectivity index (χ3n) is 3.44. The van der Waals surface area contributed by atoms with Crippen LogP contribution in [0.5, 0.6) is 0 Å². The summed E-state index contributed by atoms with van der Waals surface area (Å²) < 4.78 is 0. The smallest absolute Gasteiger partial charge is 0.0349 e. The Morgan fingerprint density at radius 2 is 2.00 bits per heavy atom. The van der Waals surface area contributed by atoms with Gasteiger partial charge in [0.2, 0.25) is 0 Å². The Morgan fingerprint density at radius 1 is 1.12 bits per heavy atom. The molecule has 86 valence electrons. The summed E-state index contributed by atoms with van der Waals surface area (Å²) in [5.74, 6) is 0.633. The molecule has 1 fully saturated rings. The Kier molecular flexibility index (Phi) is 2.88. The van der Waals surface area contributed by atoms with Crippen molar-refractivity contribution in [3.05, 3.63) is 54.4 Å². The minimum absolute atomic E-state index is 0.633. The molecule has 2 heteroatoms. The van der Waals surface area contributed by atoms with Crippen LogP contribution in [0.4, 0.5) is 0 Å². The van der Waals surface area contributed by atoms with Crippen molar-refractivity contribution >= 4 is 0 Å². The minimum atomic E-state index is 0.633. The second-order valence-electron chi connectivity index (χ2n) is 4.52. The second kappa shape index (κ2) is 4.68. The SMILES string of the molecule is c1ccc(-c2cnccc2C2CCNC2)cc1. The van der Waals surface area contributed by atoms with Gasteiger partial charge in [0.05, 0.1) is 0 Å². The van der Waals surface area contributed by atoms with Crippen molar-refractivity contribution in [2.45, 2.75) is 12.3 Å². The maximum absolute atomic E-state index is 4.27. The lowest BCUT2D eigenvalue weighted by Crippen LogP contribution is -2.08. The van der Waals surface area contributed by atoms with Crippen LogP contribution in [-0.4, -0.2) is 18.1 Å². The summed E-state index contributed by atoms with van der Waals surface area (Å²) in [4.78, 5) is 4.27. The molecule has 2 nitrogen and oxygen atoms in total. The van der Waals surface area contributed by atoms with Gasteiger partial charge in [0.15, 0.2) is 0 Å². The van der Waals surface area contributed by atoms with Crippen molar-refractivity contribution in [2.24, 2.45) is 0 Å². The third kappa shape index (κ3) is 2.08. The number of nitrogens with one attached hydrogen (secondary N) is 1. The van der Waals surface area contributed by atoms with Gasteiger partial charge in [-0.15, -0.1) is 0 Å². The number of nitrogens with zero attached hydrogens (tertiary/aromatic N) is 1. The van der Waals surface area contributed by atoms with Crippen molar-refractivity contribution in [2.75, 3.05) is 13.1 Å². The number of benzene rings is 1. The monoisotopic (exact) mass is 224 g/mol. The third-order valence-corrected chi connectivity index (χ3v) is 3.44. The van der Waals surface area contributed by atoms with E-state index in [9.17, 15) is 0 Å². The van der Waals surface area contributed by atoms with Gasteiger partial charge in [-0.2, -0.15) is 0 Å². The standard InChI is InChI=1S/C15H16N2/c1-2-4-12(5-3-1)15-11-17-9-7-14(15)13-6-8-16-10-13/h1-5,7,9,11,13,16H,6,8,10H2. The molecule has 2 aromatic rings. The van der Waals surface area contributed by atoms with E-state index in [1.807, 2.05) is 12.4 Å². The van der Waals surface area contributed by atoms with Crippen molar-refractivity contribution in [3.8, 4) is 11.1 Å². The molecule has 0 bridgehead atoms. The highest BCUT2D eigenvalue weighted by molar-refractivity contribution is 5.67. The average molecular weight is 224 g/mol. The maximum atomic E-state index is 4.27. The second-order valence-corrected chi connectivity index (χ2v) is 4.52. The van der Waals surface area contributed by atoms with Crippen molar-refractivity contribution in [1.82, 2.24) is 10.3 Å². The summed E-state index contributed by atoms with van der Waals surface area (Å²) in [7, 11) is 0. The fourth-order valence-corrected chi connectivity index (χ4v) is 2.54. The molecule has 0 spiro atoms. The van der Waals surface area contributed by atoms with Crippen LogP contribution >= 0.6 is 0 Å². The van der Waals surface area contributed by atoms with Gasteiger partial charge >= 0.3 is 0 Å². The highest BCUT2D eigenvalue weighted by Gasteiger charge is 2.19. The van der Waals surface area contributed by atoms with Crippen LogP contribution in [0.3, 0.4) is 0 Å². The normalized spacial score (nSPS) is 19.4. The lowest BCUT2D eigenvalue weighted by Gasteiger charge is -2.14. The van der Waals surface area contributed by atoms with E-state index in [-0.39, 0.29) is 0 Å². The number of pyridine rings is 1. The molecule has 3 rings (SSSR count). The van der Waals surface area contributed by atoms with Crippen molar-refractivity contribution in [3.63, 3.8) is 0 Å². The molecule has 1 unspecified atom stereocenters. The zero-order chi connectivity index (χ0) is 11.5. The largest absolute Gasteiger partial charge is 0.316 e. The summed E-state index contributed by atoms with van der Waals surface area (Å²) in [5.41, 5.74) is 3.97. The summed E-state index contributed by atoms with van der Waals surface area (Å²) in [6.07, 6.45) is 5.12. The fourth-order valence-electron chi connectivity index (χ4n) is 2.54. The van der Waals surface area contributed by atoms with Crippen molar-refractivity contribution < 1.29 is 0 Å². The van der Waals surface area contributed by atoms with E-state index in [0.29, 0.717) is 5.92 Å². The molecule has 1 aliphatic heterocycles. The zero-order valence-electron chi connectivity index (χ0n) is 9.76. The first-order valence-corrected chi connectivity index (χ1v) is 6.15. The number of hydrogen-bond donors (Lipinski definition) is 1. The summed E-state index contributed by atoms with van der Waals surface area (Å²) in [6, 6.07) is 12.7. The van der Waals surface area contributed by atoms with Crippen LogP contribution in [-0.2, 0) is 0 Å². The van der Waals surface area contributed by atoms with E-state index < -0.39 is 0 Å². The van der Waals surface area contributed by atoms with E-state index in [1.165, 1.54) is 23.1 Å². The lowest BCUT2D eigenvalue weighted by atomic mass is 9.91. The van der Waals surface area contributed by atoms with Gasteiger partial charge in [0.25, 0.3) is 0 Å². The van der Waals surface area contributed by atoms with Crippen LogP contribution in [0.15, 0.2) is 48.8 Å². The lowest BCUT2D eigenvalue weighted by molar-refractivity contribution is 0.763. The highest BCUT2D eigenvalue weighted by atomic mass is 14.9. The van der Waals surface area contributed by atoms with Gasteiger partial charge in [0, 0.05) is 24.5 Å². The zero-order valence-corrected chi connectivity index (χ0v) is 9.76. The predicted molar refractivity (Wildman–Crippen MR) is 69.9 cm³/mol. The predicted octanol–water partition coefficient (Wildman–Crippen LogP) is 2.83. The van der Waals surface area contributed by atoms with E-state index in [2.05, 4.69) is 46.7 Å². The number of rotatable bonds is 2. The molecule has 1 atom stereocenters. The Morgan fingerprint density at radius 3 is 2.76 bits per heavy atom. The van der Waals surface area contributed by atoms with Gasteiger partial charge < -0.3 is 5.32 Å². The molecule has 17 heavy (non-hydrogen) atoms. The number of hydrogen-bond acceptors (Lipinski definition) is 2. The van der Waals surface area contributed by atoms with Gasteiger partial charge in [-0.1, -0.05) is 30.3 Å². The first kappa shape index (κ1) is 10.5. The van der Waals surface area contributed by atoms with Crippen LogP contribution < -0.4 is 5.32 Å². The summed E-state index contributed by atoms with van der Waals surface area (Å²) in [6.45, 7) is 2.21. The summed E-state index contributed by atoms with van der Waals surface area (Å²) in [5, 5.41) is 3.43. The van der Waals surface area contributed by atoms with Gasteiger partial charge in [-0.05, 0) is 36.1 Å². The molecule has 2 heterocycles. The molecule has 1 N–H and O–H groups in total. The Hall–Kier alpha value is -1.67. The molecule has 1 aromatic carbocycles. The Labute approximate surface area is 102 Å². The Balaban J connectivity index is 2.04. The first-order valence-electron chi connectivity index (χ1n) is 6.15. The Bertz CT molecular complexity index is 487. The quantitative estimate of drug-likeness (QED) is 0.848. The molecule has 0 radical (unpaired) electrons. The molecule has 0 amide bonds. The van der Waals surface area contributed by atoms with Crippen molar-refractivity contribution in [1.29, 1.82) is 0 Å². The van der Waals surface area contributed by atoms with Crippen LogP contribution in [0, 0.1) is 0 Å². The number of aromatic nitrogens is 1. The first-order chi connectivity index (χ1) is 8.45. The van der Waals surface area contributed by atoms with Gasteiger partial charge in [-0.25, -0.2) is 0 Å². The highest BCUT2D eigenvalue weighted by Crippen LogP contribution is 2.31. The van der Waals surface area contributed by atoms with E-state index in [0.717, 1.165) is 13.1 Å². The summed E-state index contributed by atoms with van der Waals surface area (Å²) >= 11 is 0. The van der Waals surface area contributed by atoms with Gasteiger partial charge in [-0.3, -0.25) is 4.98 Å².